The van der Waals surface area contributed by atoms with E-state index in [-0.39, 0.29) is 31.6 Å². The number of anilines is 1. The monoisotopic (exact) mass is 611 g/mol. The molecule has 0 unspecified atom stereocenters. The van der Waals surface area contributed by atoms with Crippen LogP contribution in [0.5, 0.6) is 5.75 Å². The van der Waals surface area contributed by atoms with Crippen molar-refractivity contribution >= 4 is 69.1 Å². The molecule has 2 aromatic heterocycles. The van der Waals surface area contributed by atoms with Crippen LogP contribution in [-0.2, 0) is 40.8 Å². The summed E-state index contributed by atoms with van der Waals surface area (Å²) in [6.45, 7) is 3.65. The van der Waals surface area contributed by atoms with Crippen molar-refractivity contribution in [3.63, 3.8) is 0 Å². The second-order valence-corrected chi connectivity index (χ2v) is 11.9. The van der Waals surface area contributed by atoms with Gasteiger partial charge in [0.1, 0.15) is 10.8 Å². The number of thiophene rings is 1. The molecule has 39 heavy (non-hydrogen) atoms. The topological polar surface area (TPSA) is 124 Å². The molecule has 1 aliphatic rings. The van der Waals surface area contributed by atoms with E-state index in [1.165, 1.54) is 29.2 Å². The summed E-state index contributed by atoms with van der Waals surface area (Å²) in [5, 5.41) is 15.2. The third-order valence-corrected chi connectivity index (χ3v) is 8.78. The summed E-state index contributed by atoms with van der Waals surface area (Å²) >= 11 is 14.6. The first kappa shape index (κ1) is 29.2. The van der Waals surface area contributed by atoms with Gasteiger partial charge in [0.25, 0.3) is 5.91 Å². The van der Waals surface area contributed by atoms with Gasteiger partial charge in [-0.1, -0.05) is 35.0 Å². The number of aryl methyl sites for hydroxylation is 1. The molecule has 2 heterocycles. The third kappa shape index (κ3) is 7.05. The Morgan fingerprint density at radius 3 is 2.77 bits per heavy atom. The number of amides is 2. The Labute approximate surface area is 243 Å². The van der Waals surface area contributed by atoms with Crippen LogP contribution in [-0.4, -0.2) is 51.0 Å². The predicted octanol–water partition coefficient (Wildman–Crippen LogP) is 4.66. The number of hydrogen-bond donors (Lipinski definition) is 2. The number of thioether (sulfide) groups is 1. The number of nitrogens with one attached hydrogen (secondary N) is 2. The Balaban J connectivity index is 1.31. The predicted molar refractivity (Wildman–Crippen MR) is 151 cm³/mol. The molecule has 1 atom stereocenters. The van der Waals surface area contributed by atoms with Gasteiger partial charge in [0.15, 0.2) is 17.6 Å². The Hall–Kier alpha value is -2.80. The molecule has 3 aromatic rings. The molecule has 4 rings (SSSR count). The molecule has 0 radical (unpaired) electrons. The number of hydrogen-bond acceptors (Lipinski definition) is 9. The second-order valence-electron chi connectivity index (χ2n) is 8.63. The van der Waals surface area contributed by atoms with Crippen molar-refractivity contribution < 1.29 is 23.9 Å². The maximum Gasteiger partial charge on any atom is 0.341 e. The Bertz CT molecular complexity index is 1390. The van der Waals surface area contributed by atoms with Crippen LogP contribution in [0.4, 0.5) is 5.00 Å². The Kier molecular flexibility index (Phi) is 9.76. The van der Waals surface area contributed by atoms with E-state index in [0.717, 1.165) is 29.7 Å². The normalized spacial score (nSPS) is 13.1. The minimum absolute atomic E-state index is 0.116. The van der Waals surface area contributed by atoms with Crippen molar-refractivity contribution in [3.05, 3.63) is 50.1 Å². The smallest absolute Gasteiger partial charge is 0.341 e. The van der Waals surface area contributed by atoms with E-state index in [9.17, 15) is 14.4 Å². The highest BCUT2D eigenvalue weighted by atomic mass is 35.5. The first-order valence-electron chi connectivity index (χ1n) is 12.2. The zero-order chi connectivity index (χ0) is 28.1. The van der Waals surface area contributed by atoms with Gasteiger partial charge in [-0.2, -0.15) is 0 Å². The number of nitrogens with zero attached hydrogens (tertiary/aromatic N) is 3. The fraction of sp³-hybridized carbons (Fsp3) is 0.400. The highest BCUT2D eigenvalue weighted by molar-refractivity contribution is 8.00. The molecule has 0 saturated carbocycles. The van der Waals surface area contributed by atoms with E-state index in [1.54, 1.807) is 37.6 Å². The summed E-state index contributed by atoms with van der Waals surface area (Å²) in [7, 11) is 1.75. The molecular formula is C25H27Cl2N5O5S2. The van der Waals surface area contributed by atoms with Gasteiger partial charge >= 0.3 is 5.97 Å². The van der Waals surface area contributed by atoms with Crippen molar-refractivity contribution in [1.29, 1.82) is 0 Å². The van der Waals surface area contributed by atoms with E-state index in [2.05, 4.69) is 20.8 Å². The fourth-order valence-electron chi connectivity index (χ4n) is 3.90. The van der Waals surface area contributed by atoms with Crippen LogP contribution in [0.15, 0.2) is 23.4 Å². The number of aromatic nitrogens is 3. The van der Waals surface area contributed by atoms with Crippen molar-refractivity contribution in [3.8, 4) is 5.75 Å². The first-order valence-corrected chi connectivity index (χ1v) is 14.6. The van der Waals surface area contributed by atoms with Gasteiger partial charge in [-0.05, 0) is 56.9 Å². The summed E-state index contributed by atoms with van der Waals surface area (Å²) in [5.41, 5.74) is 1.45. The van der Waals surface area contributed by atoms with E-state index < -0.39 is 11.2 Å². The molecule has 0 spiro atoms. The van der Waals surface area contributed by atoms with Crippen LogP contribution < -0.4 is 15.4 Å². The van der Waals surface area contributed by atoms with Gasteiger partial charge in [-0.25, -0.2) is 4.79 Å². The zero-order valence-corrected chi connectivity index (χ0v) is 24.7. The van der Waals surface area contributed by atoms with Crippen molar-refractivity contribution in [1.82, 2.24) is 20.1 Å². The average molecular weight is 613 g/mol. The Morgan fingerprint density at radius 2 is 2.03 bits per heavy atom. The summed E-state index contributed by atoms with van der Waals surface area (Å²) in [6, 6.07) is 4.74. The van der Waals surface area contributed by atoms with Crippen molar-refractivity contribution in [2.45, 2.75) is 50.1 Å². The number of fused-ring (bicyclic) bond motifs is 1. The molecular weight excluding hydrogens is 585 g/mol. The highest BCUT2D eigenvalue weighted by Crippen LogP contribution is 2.40. The van der Waals surface area contributed by atoms with Crippen LogP contribution >= 0.6 is 46.3 Å². The first-order chi connectivity index (χ1) is 18.7. The molecule has 10 nitrogen and oxygen atoms in total. The second kappa shape index (κ2) is 13.0. The molecule has 1 aromatic carbocycles. The minimum Gasteiger partial charge on any atom is -0.482 e. The summed E-state index contributed by atoms with van der Waals surface area (Å²) in [6.07, 6.45) is 2.69. The number of benzene rings is 1. The summed E-state index contributed by atoms with van der Waals surface area (Å²) in [5.74, 6) is -0.189. The number of carbonyl (C=O) groups is 3. The maximum absolute atomic E-state index is 13.0. The molecule has 14 heteroatoms. The SMILES string of the molecule is CCOC(=O)c1c(NC(=O)[C@@H](C)Sc2nnc(CNC(=O)COc3ccc(Cl)cc3Cl)n2C)sc2c1CCC2. The lowest BCUT2D eigenvalue weighted by atomic mass is 10.1. The number of rotatable bonds is 11. The lowest BCUT2D eigenvalue weighted by molar-refractivity contribution is -0.123. The van der Waals surface area contributed by atoms with Crippen molar-refractivity contribution in [2.75, 3.05) is 18.5 Å². The number of ether oxygens (including phenoxy) is 2. The third-order valence-electron chi connectivity index (χ3n) is 5.91. The Morgan fingerprint density at radius 1 is 1.23 bits per heavy atom. The van der Waals surface area contributed by atoms with Crippen LogP contribution in [0.25, 0.3) is 0 Å². The lowest BCUT2D eigenvalue weighted by Gasteiger charge is -2.12. The van der Waals surface area contributed by atoms with E-state index in [4.69, 9.17) is 32.7 Å². The van der Waals surface area contributed by atoms with Crippen molar-refractivity contribution in [2.24, 2.45) is 7.05 Å². The summed E-state index contributed by atoms with van der Waals surface area (Å²) in [4.78, 5) is 39.0. The average Bonchev–Trinajstić information content (AvgIpc) is 3.57. The van der Waals surface area contributed by atoms with Gasteiger partial charge in [-0.3, -0.25) is 9.59 Å². The van der Waals surface area contributed by atoms with Crippen LogP contribution in [0.1, 0.15) is 46.9 Å². The highest BCUT2D eigenvalue weighted by Gasteiger charge is 2.29. The minimum atomic E-state index is -0.528. The molecule has 1 aliphatic carbocycles. The van der Waals surface area contributed by atoms with Crippen LogP contribution in [0.3, 0.4) is 0 Å². The van der Waals surface area contributed by atoms with Gasteiger partial charge in [0.05, 0.1) is 29.0 Å². The van der Waals surface area contributed by atoms with Gasteiger partial charge in [0, 0.05) is 16.9 Å². The number of halogens is 2. The van der Waals surface area contributed by atoms with Gasteiger partial charge < -0.3 is 24.7 Å². The number of carbonyl (C=O) groups excluding carboxylic acids is 3. The van der Waals surface area contributed by atoms with E-state index in [0.29, 0.717) is 37.3 Å². The van der Waals surface area contributed by atoms with Crippen LogP contribution in [0, 0.1) is 0 Å². The molecule has 0 fully saturated rings. The molecule has 0 bridgehead atoms. The quantitative estimate of drug-likeness (QED) is 0.237. The van der Waals surface area contributed by atoms with Gasteiger partial charge in [0.2, 0.25) is 5.91 Å². The van der Waals surface area contributed by atoms with Crippen LogP contribution in [0.2, 0.25) is 10.0 Å². The molecule has 208 valence electrons. The molecule has 0 aliphatic heterocycles. The fourth-order valence-corrected chi connectivity index (χ4v) is 6.48. The molecule has 2 amide bonds. The van der Waals surface area contributed by atoms with Gasteiger partial charge in [-0.15, -0.1) is 21.5 Å². The number of esters is 1. The molecule has 2 N–H and O–H groups in total. The maximum atomic E-state index is 13.0. The zero-order valence-electron chi connectivity index (χ0n) is 21.5. The van der Waals surface area contributed by atoms with E-state index >= 15 is 0 Å². The summed E-state index contributed by atoms with van der Waals surface area (Å²) < 4.78 is 12.4. The lowest BCUT2D eigenvalue weighted by Crippen LogP contribution is -2.29. The standard InChI is InChI=1S/C25H27Cl2N5O5S2/c1-4-36-24(35)21-15-6-5-7-18(15)39-23(21)29-22(34)13(2)38-25-31-30-19(32(25)3)11-28-20(33)12-37-17-9-8-14(26)10-16(17)27/h8-10,13H,4-7,11-12H2,1-3H3,(H,28,33)(H,29,34)/t13-/m1/s1. The van der Waals surface area contributed by atoms with E-state index in [1.807, 2.05) is 0 Å². The largest absolute Gasteiger partial charge is 0.482 e. The molecule has 0 saturated heterocycles.